The van der Waals surface area contributed by atoms with Gasteiger partial charge in [0, 0.05) is 19.6 Å². The molecule has 6 heteroatoms. The van der Waals surface area contributed by atoms with Crippen LogP contribution in [-0.2, 0) is 11.3 Å². The summed E-state index contributed by atoms with van der Waals surface area (Å²) >= 11 is 1.36. The van der Waals surface area contributed by atoms with Crippen molar-refractivity contribution in [2.24, 2.45) is 11.8 Å². The van der Waals surface area contributed by atoms with Gasteiger partial charge < -0.3 is 4.90 Å². The third kappa shape index (κ3) is 4.26. The lowest BCUT2D eigenvalue weighted by Crippen LogP contribution is -2.45. The fourth-order valence-corrected chi connectivity index (χ4v) is 4.84. The Labute approximate surface area is 164 Å². The second-order valence-corrected chi connectivity index (χ2v) is 8.87. The number of aromatic nitrogens is 2. The van der Waals surface area contributed by atoms with Crippen molar-refractivity contribution in [3.05, 3.63) is 47.3 Å². The van der Waals surface area contributed by atoms with Gasteiger partial charge in [0.05, 0.1) is 16.2 Å². The van der Waals surface area contributed by atoms with Gasteiger partial charge in [-0.1, -0.05) is 43.8 Å². The number of likely N-dealkylation sites (tertiary alicyclic amines) is 1. The minimum absolute atomic E-state index is 0.0946. The average molecular weight is 386 g/mol. The van der Waals surface area contributed by atoms with E-state index in [2.05, 4.69) is 25.4 Å². The predicted octanol–water partition coefficient (Wildman–Crippen LogP) is 3.57. The third-order valence-electron chi connectivity index (χ3n) is 4.95. The highest BCUT2D eigenvalue weighted by Gasteiger charge is 2.29. The van der Waals surface area contributed by atoms with E-state index in [0.29, 0.717) is 34.4 Å². The van der Waals surface area contributed by atoms with Crippen molar-refractivity contribution in [1.29, 1.82) is 0 Å². The molecule has 1 aliphatic rings. The Bertz CT molecular complexity index is 898. The summed E-state index contributed by atoms with van der Waals surface area (Å²) in [7, 11) is 0. The molecule has 144 valence electrons. The van der Waals surface area contributed by atoms with Crippen LogP contribution in [0, 0.1) is 11.8 Å². The van der Waals surface area contributed by atoms with Crippen LogP contribution in [0.2, 0.25) is 0 Å². The van der Waals surface area contributed by atoms with Gasteiger partial charge in [-0.3, -0.25) is 14.2 Å². The standard InChI is InChI=1S/C21H27N3O2S/c1-5-10-24-20(26)17-8-6-7-9-18(17)22-21(24)27-16(4)19(25)23-12-14(2)11-15(3)13-23/h5-9,14-16H,1,10-13H2,2-4H3/t14-,15-,16+/m0/s1. The molecular formula is C21H27N3O2S. The van der Waals surface area contributed by atoms with E-state index in [0.717, 1.165) is 19.5 Å². The molecule has 1 aromatic heterocycles. The zero-order valence-corrected chi connectivity index (χ0v) is 17.0. The number of para-hydroxylation sites is 1. The lowest BCUT2D eigenvalue weighted by atomic mass is 9.92. The Morgan fingerprint density at radius 2 is 2.00 bits per heavy atom. The molecule has 2 heterocycles. The maximum atomic E-state index is 13.0. The first kappa shape index (κ1) is 19.7. The number of benzene rings is 1. The third-order valence-corrected chi connectivity index (χ3v) is 6.03. The molecule has 0 bridgehead atoms. The van der Waals surface area contributed by atoms with Crippen LogP contribution in [0.25, 0.3) is 10.9 Å². The number of hydrogen-bond acceptors (Lipinski definition) is 4. The summed E-state index contributed by atoms with van der Waals surface area (Å²) < 4.78 is 1.60. The number of fused-ring (bicyclic) bond motifs is 1. The molecule has 0 saturated carbocycles. The van der Waals surface area contributed by atoms with E-state index in [-0.39, 0.29) is 16.7 Å². The highest BCUT2D eigenvalue weighted by molar-refractivity contribution is 8.00. The Morgan fingerprint density at radius 1 is 1.33 bits per heavy atom. The molecule has 2 aromatic rings. The Morgan fingerprint density at radius 3 is 2.67 bits per heavy atom. The lowest BCUT2D eigenvalue weighted by Gasteiger charge is -2.36. The molecular weight excluding hydrogens is 358 g/mol. The second-order valence-electron chi connectivity index (χ2n) is 7.57. The molecule has 1 saturated heterocycles. The highest BCUT2D eigenvalue weighted by Crippen LogP contribution is 2.27. The quantitative estimate of drug-likeness (QED) is 0.449. The van der Waals surface area contributed by atoms with Gasteiger partial charge in [-0.05, 0) is 37.3 Å². The smallest absolute Gasteiger partial charge is 0.262 e. The Hall–Kier alpha value is -2.08. The number of carbonyl (C=O) groups is 1. The Balaban J connectivity index is 1.88. The summed E-state index contributed by atoms with van der Waals surface area (Å²) in [4.78, 5) is 32.5. The van der Waals surface area contributed by atoms with Gasteiger partial charge in [-0.2, -0.15) is 0 Å². The molecule has 1 amide bonds. The number of nitrogens with zero attached hydrogens (tertiary/aromatic N) is 3. The number of piperidine rings is 1. The zero-order chi connectivity index (χ0) is 19.6. The van der Waals surface area contributed by atoms with Crippen molar-refractivity contribution in [3.63, 3.8) is 0 Å². The van der Waals surface area contributed by atoms with Crippen molar-refractivity contribution in [3.8, 4) is 0 Å². The van der Waals surface area contributed by atoms with E-state index in [4.69, 9.17) is 0 Å². The van der Waals surface area contributed by atoms with Crippen LogP contribution in [0.4, 0.5) is 0 Å². The molecule has 3 rings (SSSR count). The van der Waals surface area contributed by atoms with Crippen LogP contribution in [0.1, 0.15) is 27.2 Å². The molecule has 27 heavy (non-hydrogen) atoms. The number of thioether (sulfide) groups is 1. The van der Waals surface area contributed by atoms with Crippen molar-refractivity contribution in [1.82, 2.24) is 14.5 Å². The van der Waals surface area contributed by atoms with Crippen molar-refractivity contribution in [2.45, 2.75) is 44.1 Å². The lowest BCUT2D eigenvalue weighted by molar-refractivity contribution is -0.132. The van der Waals surface area contributed by atoms with Crippen LogP contribution in [0.5, 0.6) is 0 Å². The first-order valence-corrected chi connectivity index (χ1v) is 10.3. The fraction of sp³-hybridized carbons (Fsp3) is 0.476. The van der Waals surface area contributed by atoms with Gasteiger partial charge in [-0.25, -0.2) is 4.98 Å². The monoisotopic (exact) mass is 385 g/mol. The van der Waals surface area contributed by atoms with E-state index in [1.165, 1.54) is 11.8 Å². The summed E-state index contributed by atoms with van der Waals surface area (Å²) in [5.74, 6) is 1.16. The van der Waals surface area contributed by atoms with E-state index in [1.807, 2.05) is 30.0 Å². The highest BCUT2D eigenvalue weighted by atomic mass is 32.2. The van der Waals surface area contributed by atoms with Crippen LogP contribution in [0.15, 0.2) is 46.9 Å². The van der Waals surface area contributed by atoms with Gasteiger partial charge in [0.1, 0.15) is 0 Å². The maximum absolute atomic E-state index is 13.0. The number of hydrogen-bond donors (Lipinski definition) is 0. The molecule has 0 aliphatic carbocycles. The van der Waals surface area contributed by atoms with E-state index < -0.39 is 0 Å². The number of carbonyl (C=O) groups excluding carboxylic acids is 1. The van der Waals surface area contributed by atoms with Gasteiger partial charge in [0.25, 0.3) is 5.56 Å². The molecule has 0 radical (unpaired) electrons. The van der Waals surface area contributed by atoms with Crippen LogP contribution in [0.3, 0.4) is 0 Å². The largest absolute Gasteiger partial charge is 0.341 e. The summed E-state index contributed by atoms with van der Waals surface area (Å²) in [6, 6.07) is 7.32. The van der Waals surface area contributed by atoms with Crippen molar-refractivity contribution in [2.75, 3.05) is 13.1 Å². The molecule has 1 fully saturated rings. The Kier molecular flexibility index (Phi) is 6.05. The first-order chi connectivity index (χ1) is 12.9. The molecule has 1 aromatic carbocycles. The number of allylic oxidation sites excluding steroid dienone is 1. The van der Waals surface area contributed by atoms with Gasteiger partial charge in [0.2, 0.25) is 5.91 Å². The molecule has 1 aliphatic heterocycles. The number of rotatable bonds is 5. The summed E-state index contributed by atoms with van der Waals surface area (Å²) in [6.07, 6.45) is 2.85. The minimum Gasteiger partial charge on any atom is -0.341 e. The van der Waals surface area contributed by atoms with E-state index >= 15 is 0 Å². The van der Waals surface area contributed by atoms with Gasteiger partial charge in [0.15, 0.2) is 5.16 Å². The van der Waals surface area contributed by atoms with Crippen LogP contribution < -0.4 is 5.56 Å². The molecule has 5 nitrogen and oxygen atoms in total. The zero-order valence-electron chi connectivity index (χ0n) is 16.2. The maximum Gasteiger partial charge on any atom is 0.262 e. The SMILES string of the molecule is C=CCn1c(S[C@H](C)C(=O)N2C[C@@H](C)C[C@H](C)C2)nc2ccccc2c1=O. The minimum atomic E-state index is -0.299. The van der Waals surface area contributed by atoms with E-state index in [1.54, 1.807) is 16.7 Å². The normalized spacial score (nSPS) is 21.2. The fourth-order valence-electron chi connectivity index (χ4n) is 3.84. The summed E-state index contributed by atoms with van der Waals surface area (Å²) in [5.41, 5.74) is 0.563. The van der Waals surface area contributed by atoms with Gasteiger partial charge in [-0.15, -0.1) is 6.58 Å². The van der Waals surface area contributed by atoms with E-state index in [9.17, 15) is 9.59 Å². The summed E-state index contributed by atoms with van der Waals surface area (Å²) in [5, 5.41) is 0.852. The van der Waals surface area contributed by atoms with Crippen LogP contribution in [-0.4, -0.2) is 38.7 Å². The molecule has 0 N–H and O–H groups in total. The van der Waals surface area contributed by atoms with Gasteiger partial charge >= 0.3 is 0 Å². The van der Waals surface area contributed by atoms with Crippen LogP contribution >= 0.6 is 11.8 Å². The topological polar surface area (TPSA) is 55.2 Å². The molecule has 0 spiro atoms. The molecule has 0 unspecified atom stereocenters. The summed E-state index contributed by atoms with van der Waals surface area (Å²) in [6.45, 7) is 12.0. The predicted molar refractivity (Wildman–Crippen MR) is 111 cm³/mol. The molecule has 3 atom stereocenters. The average Bonchev–Trinajstić information content (AvgIpc) is 2.63. The van der Waals surface area contributed by atoms with Crippen molar-refractivity contribution < 1.29 is 4.79 Å². The second kappa shape index (κ2) is 8.30. The first-order valence-electron chi connectivity index (χ1n) is 9.46. The number of amides is 1. The van der Waals surface area contributed by atoms with Crippen molar-refractivity contribution >= 4 is 28.6 Å².